The highest BCUT2D eigenvalue weighted by Crippen LogP contribution is 2.26. The van der Waals surface area contributed by atoms with E-state index < -0.39 is 6.17 Å². The Hall–Kier alpha value is -0.970. The van der Waals surface area contributed by atoms with Gasteiger partial charge in [-0.05, 0) is 52.0 Å². The molecule has 1 aliphatic carbocycles. The number of halogens is 1. The lowest BCUT2D eigenvalue weighted by atomic mass is 9.88. The summed E-state index contributed by atoms with van der Waals surface area (Å²) in [5.41, 5.74) is 3.59. The number of hydrogen-bond acceptors (Lipinski definition) is 3. The quantitative estimate of drug-likeness (QED) is 0.609. The number of amides is 1. The molecule has 1 amide bonds. The van der Waals surface area contributed by atoms with Crippen LogP contribution in [-0.2, 0) is 4.79 Å². The Morgan fingerprint density at radius 1 is 1.21 bits per heavy atom. The first-order valence-electron chi connectivity index (χ1n) is 7.38. The highest BCUT2D eigenvalue weighted by atomic mass is 19.1. The largest absolute Gasteiger partial charge is 0.309 e. The fraction of sp³-hybridized carbons (Fsp3) is 0.857. The van der Waals surface area contributed by atoms with Gasteiger partial charge in [-0.1, -0.05) is 6.42 Å². The Bertz CT molecular complexity index is 332. The van der Waals surface area contributed by atoms with E-state index >= 15 is 0 Å². The van der Waals surface area contributed by atoms with Crippen molar-refractivity contribution in [1.82, 2.24) is 10.7 Å². The molecule has 5 heteroatoms. The van der Waals surface area contributed by atoms with Gasteiger partial charge in [-0.3, -0.25) is 4.79 Å². The van der Waals surface area contributed by atoms with Crippen LogP contribution < -0.4 is 10.7 Å². The van der Waals surface area contributed by atoms with Crippen LogP contribution in [0.2, 0.25) is 0 Å². The monoisotopic (exact) mass is 269 g/mol. The van der Waals surface area contributed by atoms with Gasteiger partial charge in [0, 0.05) is 12.0 Å². The second-order valence-electron chi connectivity index (χ2n) is 5.68. The fourth-order valence-electron chi connectivity index (χ4n) is 2.84. The molecule has 0 bridgehead atoms. The maximum Gasteiger partial charge on any atom is 0.243 e. The molecule has 0 spiro atoms. The van der Waals surface area contributed by atoms with E-state index in [0.717, 1.165) is 18.7 Å². The number of hydrogen-bond donors (Lipinski definition) is 2. The topological polar surface area (TPSA) is 53.5 Å². The Morgan fingerprint density at radius 2 is 1.95 bits per heavy atom. The number of alkyl halides is 1. The van der Waals surface area contributed by atoms with E-state index in [1.54, 1.807) is 0 Å². The molecule has 0 aromatic carbocycles. The van der Waals surface area contributed by atoms with Crippen molar-refractivity contribution in [3.8, 4) is 0 Å². The molecule has 1 saturated carbocycles. The van der Waals surface area contributed by atoms with Gasteiger partial charge < -0.3 is 5.32 Å². The number of carbonyl (C=O) groups excluding carboxylic acids is 1. The number of piperidine rings is 1. The second kappa shape index (κ2) is 6.98. The zero-order valence-electron chi connectivity index (χ0n) is 11.6. The van der Waals surface area contributed by atoms with Crippen molar-refractivity contribution in [3.05, 3.63) is 0 Å². The Morgan fingerprint density at radius 3 is 2.58 bits per heavy atom. The van der Waals surface area contributed by atoms with Crippen LogP contribution in [0.25, 0.3) is 0 Å². The average molecular weight is 269 g/mol. The van der Waals surface area contributed by atoms with Crippen LogP contribution in [-0.4, -0.2) is 30.4 Å². The smallest absolute Gasteiger partial charge is 0.243 e. The zero-order valence-corrected chi connectivity index (χ0v) is 11.6. The van der Waals surface area contributed by atoms with Crippen LogP contribution in [0, 0.1) is 5.92 Å². The van der Waals surface area contributed by atoms with Crippen LogP contribution in [0.3, 0.4) is 0 Å². The molecule has 0 aromatic heterocycles. The predicted octanol–water partition coefficient (Wildman–Crippen LogP) is 2.15. The third kappa shape index (κ3) is 4.27. The van der Waals surface area contributed by atoms with E-state index in [0.29, 0.717) is 25.7 Å². The Kier molecular flexibility index (Phi) is 5.31. The normalized spacial score (nSPS) is 32.9. The van der Waals surface area contributed by atoms with Crippen LogP contribution in [0.15, 0.2) is 5.10 Å². The van der Waals surface area contributed by atoms with Crippen molar-refractivity contribution in [2.75, 3.05) is 6.54 Å². The van der Waals surface area contributed by atoms with Gasteiger partial charge in [-0.25, -0.2) is 9.82 Å². The number of rotatable bonds is 3. The summed E-state index contributed by atoms with van der Waals surface area (Å²) in [6.45, 7) is 2.97. The molecular formula is C14H24FN3O. The lowest BCUT2D eigenvalue weighted by molar-refractivity contribution is -0.126. The number of nitrogens with one attached hydrogen (secondary N) is 2. The summed E-state index contributed by atoms with van der Waals surface area (Å²) in [6, 6.07) is 0.288. The SMILES string of the molecule is C/C(=N/NC(=O)C1CCC(F)CC1)C1CCCCN1. The summed E-state index contributed by atoms with van der Waals surface area (Å²) in [6.07, 6.45) is 5.07. The van der Waals surface area contributed by atoms with Crippen molar-refractivity contribution >= 4 is 11.6 Å². The Labute approximate surface area is 114 Å². The minimum atomic E-state index is -0.722. The summed E-state index contributed by atoms with van der Waals surface area (Å²) >= 11 is 0. The van der Waals surface area contributed by atoms with E-state index in [1.807, 2.05) is 6.92 Å². The number of hydrazone groups is 1. The van der Waals surface area contributed by atoms with Gasteiger partial charge in [-0.15, -0.1) is 0 Å². The van der Waals surface area contributed by atoms with Crippen LogP contribution in [0.5, 0.6) is 0 Å². The molecule has 2 N–H and O–H groups in total. The molecule has 0 radical (unpaired) electrons. The van der Waals surface area contributed by atoms with Crippen molar-refractivity contribution in [1.29, 1.82) is 0 Å². The van der Waals surface area contributed by atoms with E-state index in [1.165, 1.54) is 12.8 Å². The molecule has 0 aromatic rings. The standard InChI is InChI=1S/C14H24FN3O/c1-10(13-4-2-3-9-16-13)17-18-14(19)11-5-7-12(15)8-6-11/h11-13,16H,2-9H2,1H3,(H,18,19)/b17-10-. The predicted molar refractivity (Wildman–Crippen MR) is 73.7 cm³/mol. The van der Waals surface area contributed by atoms with Crippen molar-refractivity contribution in [2.45, 2.75) is 64.1 Å². The average Bonchev–Trinajstić information content (AvgIpc) is 2.46. The maximum absolute atomic E-state index is 13.0. The first-order valence-corrected chi connectivity index (χ1v) is 7.38. The van der Waals surface area contributed by atoms with Crippen LogP contribution in [0.1, 0.15) is 51.9 Å². The van der Waals surface area contributed by atoms with Gasteiger partial charge in [-0.2, -0.15) is 5.10 Å². The zero-order chi connectivity index (χ0) is 13.7. The van der Waals surface area contributed by atoms with Gasteiger partial charge >= 0.3 is 0 Å². The molecule has 1 atom stereocenters. The summed E-state index contributed by atoms with van der Waals surface area (Å²) in [5, 5.41) is 7.60. The second-order valence-corrected chi connectivity index (χ2v) is 5.68. The fourth-order valence-corrected chi connectivity index (χ4v) is 2.84. The third-order valence-electron chi connectivity index (χ3n) is 4.18. The molecule has 2 rings (SSSR count). The minimum Gasteiger partial charge on any atom is -0.309 e. The van der Waals surface area contributed by atoms with Gasteiger partial charge in [0.2, 0.25) is 5.91 Å². The number of carbonyl (C=O) groups is 1. The van der Waals surface area contributed by atoms with Crippen molar-refractivity contribution < 1.29 is 9.18 Å². The number of nitrogens with zero attached hydrogens (tertiary/aromatic N) is 1. The summed E-state index contributed by atoms with van der Waals surface area (Å²) in [4.78, 5) is 11.9. The molecule has 2 fully saturated rings. The molecule has 4 nitrogen and oxygen atoms in total. The molecule has 19 heavy (non-hydrogen) atoms. The van der Waals surface area contributed by atoms with E-state index in [4.69, 9.17) is 0 Å². The lowest BCUT2D eigenvalue weighted by Crippen LogP contribution is -2.40. The third-order valence-corrected chi connectivity index (χ3v) is 4.18. The maximum atomic E-state index is 13.0. The molecule has 2 aliphatic rings. The van der Waals surface area contributed by atoms with Crippen molar-refractivity contribution in [2.24, 2.45) is 11.0 Å². The summed E-state index contributed by atoms with van der Waals surface area (Å²) in [5.74, 6) is -0.120. The summed E-state index contributed by atoms with van der Waals surface area (Å²) < 4.78 is 13.0. The van der Waals surface area contributed by atoms with Gasteiger partial charge in [0.05, 0.1) is 5.71 Å². The van der Waals surface area contributed by atoms with Gasteiger partial charge in [0.15, 0.2) is 0 Å². The highest BCUT2D eigenvalue weighted by molar-refractivity contribution is 5.89. The van der Waals surface area contributed by atoms with E-state index in [-0.39, 0.29) is 17.9 Å². The minimum absolute atomic E-state index is 0.0536. The first kappa shape index (κ1) is 14.4. The molecule has 108 valence electrons. The molecule has 1 unspecified atom stereocenters. The van der Waals surface area contributed by atoms with Gasteiger partial charge in [0.25, 0.3) is 0 Å². The Balaban J connectivity index is 1.78. The highest BCUT2D eigenvalue weighted by Gasteiger charge is 2.26. The lowest BCUT2D eigenvalue weighted by Gasteiger charge is -2.24. The van der Waals surface area contributed by atoms with E-state index in [9.17, 15) is 9.18 Å². The van der Waals surface area contributed by atoms with E-state index in [2.05, 4.69) is 15.8 Å². The molecular weight excluding hydrogens is 245 g/mol. The molecule has 1 heterocycles. The first-order chi connectivity index (χ1) is 9.16. The van der Waals surface area contributed by atoms with Crippen molar-refractivity contribution in [3.63, 3.8) is 0 Å². The van der Waals surface area contributed by atoms with Crippen LogP contribution >= 0.6 is 0 Å². The molecule has 1 aliphatic heterocycles. The van der Waals surface area contributed by atoms with Gasteiger partial charge in [0.1, 0.15) is 6.17 Å². The molecule has 1 saturated heterocycles. The van der Waals surface area contributed by atoms with Crippen LogP contribution in [0.4, 0.5) is 4.39 Å². The summed E-state index contributed by atoms with van der Waals surface area (Å²) in [7, 11) is 0.